The SMILES string of the molecule is CCCCN(C)c1ccc(C(=O)NCC(O)c2ccc3ccccc3c2)cc1. The Kier molecular flexibility index (Phi) is 6.66. The Morgan fingerprint density at radius 2 is 1.75 bits per heavy atom. The van der Waals surface area contributed by atoms with E-state index in [2.05, 4.69) is 24.2 Å². The summed E-state index contributed by atoms with van der Waals surface area (Å²) in [6.45, 7) is 3.35. The lowest BCUT2D eigenvalue weighted by atomic mass is 10.0. The smallest absolute Gasteiger partial charge is 0.251 e. The van der Waals surface area contributed by atoms with Crippen molar-refractivity contribution >= 4 is 22.4 Å². The molecule has 0 aromatic heterocycles. The summed E-state index contributed by atoms with van der Waals surface area (Å²) in [7, 11) is 2.06. The van der Waals surface area contributed by atoms with Gasteiger partial charge in [-0.1, -0.05) is 49.7 Å². The Morgan fingerprint density at radius 1 is 1.04 bits per heavy atom. The zero-order valence-corrected chi connectivity index (χ0v) is 16.6. The lowest BCUT2D eigenvalue weighted by Crippen LogP contribution is -2.28. The molecule has 146 valence electrons. The molecule has 0 heterocycles. The van der Waals surface area contributed by atoms with Gasteiger partial charge >= 0.3 is 0 Å². The van der Waals surface area contributed by atoms with Crippen LogP contribution in [-0.2, 0) is 0 Å². The molecular weight excluding hydrogens is 348 g/mol. The van der Waals surface area contributed by atoms with Crippen LogP contribution >= 0.6 is 0 Å². The number of aliphatic hydroxyl groups is 1. The minimum atomic E-state index is -0.743. The second-order valence-corrected chi connectivity index (χ2v) is 7.15. The van der Waals surface area contributed by atoms with Crippen molar-refractivity contribution in [2.45, 2.75) is 25.9 Å². The van der Waals surface area contributed by atoms with Gasteiger partial charge in [-0.25, -0.2) is 0 Å². The summed E-state index contributed by atoms with van der Waals surface area (Å²) >= 11 is 0. The van der Waals surface area contributed by atoms with Gasteiger partial charge < -0.3 is 15.3 Å². The number of aliphatic hydroxyl groups excluding tert-OH is 1. The van der Waals surface area contributed by atoms with Gasteiger partial charge in [-0.2, -0.15) is 0 Å². The molecule has 3 aromatic carbocycles. The maximum atomic E-state index is 12.4. The second kappa shape index (κ2) is 9.38. The van der Waals surface area contributed by atoms with Crippen LogP contribution in [0.1, 0.15) is 41.8 Å². The molecule has 0 fully saturated rings. The number of hydrogen-bond acceptors (Lipinski definition) is 3. The molecule has 0 aliphatic heterocycles. The third-order valence-electron chi connectivity index (χ3n) is 5.03. The molecule has 3 aromatic rings. The minimum Gasteiger partial charge on any atom is -0.387 e. The summed E-state index contributed by atoms with van der Waals surface area (Å²) in [5.41, 5.74) is 2.49. The van der Waals surface area contributed by atoms with Crippen molar-refractivity contribution in [2.75, 3.05) is 25.0 Å². The first-order chi connectivity index (χ1) is 13.6. The third-order valence-corrected chi connectivity index (χ3v) is 5.03. The van der Waals surface area contributed by atoms with Crippen molar-refractivity contribution in [3.8, 4) is 0 Å². The van der Waals surface area contributed by atoms with Gasteiger partial charge in [0.15, 0.2) is 0 Å². The standard InChI is InChI=1S/C24H28N2O2/c1-3-4-15-26(2)22-13-11-19(12-14-22)24(28)25-17-23(27)21-10-9-18-7-5-6-8-20(18)16-21/h5-14,16,23,27H,3-4,15,17H2,1-2H3,(H,25,28). The first-order valence-electron chi connectivity index (χ1n) is 9.84. The summed E-state index contributed by atoms with van der Waals surface area (Å²) in [4.78, 5) is 14.6. The maximum absolute atomic E-state index is 12.4. The van der Waals surface area contributed by atoms with Crippen LogP contribution < -0.4 is 10.2 Å². The molecule has 2 N–H and O–H groups in total. The van der Waals surface area contributed by atoms with Crippen LogP contribution in [0.15, 0.2) is 66.7 Å². The summed E-state index contributed by atoms with van der Waals surface area (Å²) < 4.78 is 0. The molecule has 0 saturated heterocycles. The fourth-order valence-corrected chi connectivity index (χ4v) is 3.22. The highest BCUT2D eigenvalue weighted by atomic mass is 16.3. The zero-order chi connectivity index (χ0) is 19.9. The van der Waals surface area contributed by atoms with Crippen LogP contribution in [0.3, 0.4) is 0 Å². The topological polar surface area (TPSA) is 52.6 Å². The van der Waals surface area contributed by atoms with E-state index in [4.69, 9.17) is 0 Å². The van der Waals surface area contributed by atoms with Gasteiger partial charge in [0.1, 0.15) is 0 Å². The molecule has 0 bridgehead atoms. The molecule has 1 atom stereocenters. The number of hydrogen-bond donors (Lipinski definition) is 2. The van der Waals surface area contributed by atoms with E-state index in [1.54, 1.807) is 0 Å². The Bertz CT molecular complexity index is 921. The van der Waals surface area contributed by atoms with E-state index in [0.717, 1.165) is 41.4 Å². The number of amides is 1. The molecule has 1 amide bonds. The van der Waals surface area contributed by atoms with Crippen LogP contribution in [0.25, 0.3) is 10.8 Å². The number of fused-ring (bicyclic) bond motifs is 1. The van der Waals surface area contributed by atoms with Crippen LogP contribution in [0.5, 0.6) is 0 Å². The Balaban J connectivity index is 1.58. The van der Waals surface area contributed by atoms with Crippen molar-refractivity contribution in [3.63, 3.8) is 0 Å². The molecule has 0 spiro atoms. The third kappa shape index (κ3) is 4.90. The van der Waals surface area contributed by atoms with Crippen molar-refractivity contribution in [3.05, 3.63) is 77.9 Å². The summed E-state index contributed by atoms with van der Waals surface area (Å²) in [5.74, 6) is -0.178. The fraction of sp³-hybridized carbons (Fsp3) is 0.292. The number of rotatable bonds is 8. The number of nitrogens with zero attached hydrogens (tertiary/aromatic N) is 1. The molecular formula is C24H28N2O2. The van der Waals surface area contributed by atoms with Gasteiger partial charge in [0.05, 0.1) is 6.10 Å². The normalized spacial score (nSPS) is 12.0. The Morgan fingerprint density at radius 3 is 2.46 bits per heavy atom. The van der Waals surface area contributed by atoms with Gasteiger partial charge in [0, 0.05) is 31.4 Å². The van der Waals surface area contributed by atoms with Crippen LogP contribution in [-0.4, -0.2) is 31.2 Å². The maximum Gasteiger partial charge on any atom is 0.251 e. The van der Waals surface area contributed by atoms with Crippen molar-refractivity contribution in [2.24, 2.45) is 0 Å². The molecule has 4 heteroatoms. The van der Waals surface area contributed by atoms with Crippen LogP contribution in [0.2, 0.25) is 0 Å². The average Bonchev–Trinajstić information content (AvgIpc) is 2.75. The number of nitrogens with one attached hydrogen (secondary N) is 1. The molecule has 3 rings (SSSR count). The largest absolute Gasteiger partial charge is 0.387 e. The van der Waals surface area contributed by atoms with E-state index in [9.17, 15) is 9.90 Å². The highest BCUT2D eigenvalue weighted by molar-refractivity contribution is 5.94. The average molecular weight is 377 g/mol. The summed E-state index contributed by atoms with van der Waals surface area (Å²) in [6.07, 6.45) is 1.56. The molecule has 4 nitrogen and oxygen atoms in total. The van der Waals surface area contributed by atoms with Crippen molar-refractivity contribution in [1.82, 2.24) is 5.32 Å². The van der Waals surface area contributed by atoms with E-state index < -0.39 is 6.10 Å². The van der Waals surface area contributed by atoms with Crippen molar-refractivity contribution in [1.29, 1.82) is 0 Å². The highest BCUT2D eigenvalue weighted by Gasteiger charge is 2.12. The van der Waals surface area contributed by atoms with Crippen molar-refractivity contribution < 1.29 is 9.90 Å². The number of anilines is 1. The van der Waals surface area contributed by atoms with Crippen LogP contribution in [0.4, 0.5) is 5.69 Å². The van der Waals surface area contributed by atoms with E-state index in [1.165, 1.54) is 0 Å². The second-order valence-electron chi connectivity index (χ2n) is 7.15. The molecule has 1 unspecified atom stereocenters. The Hall–Kier alpha value is -2.85. The zero-order valence-electron chi connectivity index (χ0n) is 16.6. The molecule has 0 aliphatic rings. The van der Waals surface area contributed by atoms with Gasteiger partial charge in [0.25, 0.3) is 5.91 Å². The van der Waals surface area contributed by atoms with E-state index in [0.29, 0.717) is 5.56 Å². The van der Waals surface area contributed by atoms with Gasteiger partial charge in [-0.05, 0) is 53.1 Å². The van der Waals surface area contributed by atoms with Gasteiger partial charge in [0.2, 0.25) is 0 Å². The minimum absolute atomic E-state index is 0.176. The quantitative estimate of drug-likeness (QED) is 0.607. The first kappa shape index (κ1) is 19.9. The van der Waals surface area contributed by atoms with E-state index in [-0.39, 0.29) is 12.5 Å². The Labute approximate surface area is 166 Å². The van der Waals surface area contributed by atoms with E-state index in [1.807, 2.05) is 66.7 Å². The van der Waals surface area contributed by atoms with Gasteiger partial charge in [-0.3, -0.25) is 4.79 Å². The number of carbonyl (C=O) groups is 1. The first-order valence-corrected chi connectivity index (χ1v) is 9.84. The number of unbranched alkanes of at least 4 members (excludes halogenated alkanes) is 1. The predicted octanol–water partition coefficient (Wildman–Crippen LogP) is 4.54. The van der Waals surface area contributed by atoms with E-state index >= 15 is 0 Å². The fourth-order valence-electron chi connectivity index (χ4n) is 3.22. The number of carbonyl (C=O) groups excluding carboxylic acids is 1. The lowest BCUT2D eigenvalue weighted by molar-refractivity contribution is 0.0916. The molecule has 0 saturated carbocycles. The highest BCUT2D eigenvalue weighted by Crippen LogP contribution is 2.20. The lowest BCUT2D eigenvalue weighted by Gasteiger charge is -2.19. The number of benzene rings is 3. The van der Waals surface area contributed by atoms with Crippen LogP contribution in [0, 0.1) is 0 Å². The van der Waals surface area contributed by atoms with Gasteiger partial charge in [-0.15, -0.1) is 0 Å². The predicted molar refractivity (Wildman–Crippen MR) is 116 cm³/mol. The summed E-state index contributed by atoms with van der Waals surface area (Å²) in [5, 5.41) is 15.5. The molecule has 0 radical (unpaired) electrons. The molecule has 0 aliphatic carbocycles. The molecule has 28 heavy (non-hydrogen) atoms. The monoisotopic (exact) mass is 376 g/mol. The summed E-state index contributed by atoms with van der Waals surface area (Å²) in [6, 6.07) is 21.5.